The van der Waals surface area contributed by atoms with Crippen LogP contribution in [0, 0.1) is 11.8 Å². The zero-order valence-corrected chi connectivity index (χ0v) is 15.0. The van der Waals surface area contributed by atoms with E-state index in [9.17, 15) is 9.90 Å². The SMILES string of the molecule is CN1C=CCC(C(=O)OC[C@H]2C[C@@H](n3cnc4c(N)ncnc43)[C@@H]2CO)=C1. The van der Waals surface area contributed by atoms with Gasteiger partial charge in [0.25, 0.3) is 0 Å². The maximum atomic E-state index is 12.2. The summed E-state index contributed by atoms with van der Waals surface area (Å²) in [7, 11) is 1.87. The molecule has 4 rings (SSSR count). The van der Waals surface area contributed by atoms with E-state index in [4.69, 9.17) is 10.5 Å². The number of hydrogen-bond acceptors (Lipinski definition) is 8. The van der Waals surface area contributed by atoms with Gasteiger partial charge in [-0.25, -0.2) is 19.7 Å². The number of fused-ring (bicyclic) bond motifs is 1. The Balaban J connectivity index is 1.41. The van der Waals surface area contributed by atoms with Gasteiger partial charge in [-0.05, 0) is 12.6 Å². The first kappa shape index (κ1) is 17.5. The summed E-state index contributed by atoms with van der Waals surface area (Å²) in [5.41, 5.74) is 7.68. The Bertz CT molecular complexity index is 921. The number of rotatable bonds is 5. The van der Waals surface area contributed by atoms with E-state index in [2.05, 4.69) is 15.0 Å². The maximum Gasteiger partial charge on any atom is 0.335 e. The van der Waals surface area contributed by atoms with Crippen molar-refractivity contribution in [2.75, 3.05) is 26.0 Å². The lowest BCUT2D eigenvalue weighted by molar-refractivity contribution is -0.144. The molecule has 0 amide bonds. The molecule has 2 aromatic heterocycles. The normalized spacial score (nSPS) is 24.6. The van der Waals surface area contributed by atoms with Crippen molar-refractivity contribution in [2.45, 2.75) is 18.9 Å². The summed E-state index contributed by atoms with van der Waals surface area (Å²) in [5, 5.41) is 9.84. The highest BCUT2D eigenvalue weighted by Gasteiger charge is 2.43. The largest absolute Gasteiger partial charge is 0.462 e. The van der Waals surface area contributed by atoms with Crippen molar-refractivity contribution in [3.05, 3.63) is 36.7 Å². The van der Waals surface area contributed by atoms with Crippen LogP contribution in [0.15, 0.2) is 36.7 Å². The molecule has 0 aromatic carbocycles. The highest BCUT2D eigenvalue weighted by molar-refractivity contribution is 5.88. The zero-order chi connectivity index (χ0) is 19.0. The smallest absolute Gasteiger partial charge is 0.335 e. The average Bonchev–Trinajstić information content (AvgIpc) is 3.06. The van der Waals surface area contributed by atoms with Gasteiger partial charge in [0.15, 0.2) is 11.5 Å². The van der Waals surface area contributed by atoms with Crippen molar-refractivity contribution < 1.29 is 14.6 Å². The first-order chi connectivity index (χ1) is 13.1. The van der Waals surface area contributed by atoms with Gasteiger partial charge in [0.05, 0.1) is 18.5 Å². The molecule has 0 unspecified atom stereocenters. The molecule has 2 aliphatic rings. The summed E-state index contributed by atoms with van der Waals surface area (Å²) < 4.78 is 7.42. The molecule has 3 heterocycles. The summed E-state index contributed by atoms with van der Waals surface area (Å²) in [6.45, 7) is 0.288. The molecule has 2 aromatic rings. The maximum absolute atomic E-state index is 12.2. The average molecular weight is 370 g/mol. The van der Waals surface area contributed by atoms with Crippen LogP contribution in [0.2, 0.25) is 0 Å². The second-order valence-electron chi connectivity index (χ2n) is 7.00. The Labute approximate surface area is 156 Å². The Morgan fingerprint density at radius 1 is 1.41 bits per heavy atom. The molecular weight excluding hydrogens is 348 g/mol. The number of nitrogens with zero attached hydrogens (tertiary/aromatic N) is 5. The van der Waals surface area contributed by atoms with Crippen molar-refractivity contribution in [2.24, 2.45) is 11.8 Å². The molecule has 27 heavy (non-hydrogen) atoms. The van der Waals surface area contributed by atoms with Crippen molar-refractivity contribution in [1.29, 1.82) is 0 Å². The van der Waals surface area contributed by atoms with Gasteiger partial charge in [-0.3, -0.25) is 0 Å². The van der Waals surface area contributed by atoms with E-state index in [0.29, 0.717) is 29.0 Å². The molecule has 3 N–H and O–H groups in total. The number of carbonyl (C=O) groups excluding carboxylic acids is 1. The quantitative estimate of drug-likeness (QED) is 0.744. The first-order valence-electron chi connectivity index (χ1n) is 8.88. The molecular formula is C18H22N6O3. The number of allylic oxidation sites excluding steroid dienone is 1. The highest BCUT2D eigenvalue weighted by atomic mass is 16.5. The van der Waals surface area contributed by atoms with Gasteiger partial charge in [-0.15, -0.1) is 0 Å². The molecule has 1 aliphatic carbocycles. The highest BCUT2D eigenvalue weighted by Crippen LogP contribution is 2.45. The predicted molar refractivity (Wildman–Crippen MR) is 98.0 cm³/mol. The fraction of sp³-hybridized carbons (Fsp3) is 0.444. The number of aliphatic hydroxyl groups excluding tert-OH is 1. The van der Waals surface area contributed by atoms with Crippen molar-refractivity contribution in [1.82, 2.24) is 24.4 Å². The minimum absolute atomic E-state index is 0.00128. The fourth-order valence-corrected chi connectivity index (χ4v) is 3.77. The van der Waals surface area contributed by atoms with Crippen LogP contribution >= 0.6 is 0 Å². The topological polar surface area (TPSA) is 119 Å². The van der Waals surface area contributed by atoms with E-state index >= 15 is 0 Å². The monoisotopic (exact) mass is 370 g/mol. The van der Waals surface area contributed by atoms with Crippen molar-refractivity contribution in [3.63, 3.8) is 0 Å². The predicted octanol–water partition coefficient (Wildman–Crippen LogP) is 0.854. The molecule has 9 nitrogen and oxygen atoms in total. The number of hydrogen-bond donors (Lipinski definition) is 2. The standard InChI is InChI=1S/C18H22N6O3/c1-23-4-2-3-11(6-23)18(26)27-8-12-5-14(13(12)7-25)24-10-22-15-16(19)20-9-21-17(15)24/h2,4,6,9-10,12-14,25H,3,5,7-8H2,1H3,(H2,19,20,21)/t12-,13-,14-/m1/s1. The lowest BCUT2D eigenvalue weighted by Gasteiger charge is -2.44. The lowest BCUT2D eigenvalue weighted by Crippen LogP contribution is -2.43. The fourth-order valence-electron chi connectivity index (χ4n) is 3.77. The van der Waals surface area contributed by atoms with E-state index in [1.807, 2.05) is 28.8 Å². The first-order valence-corrected chi connectivity index (χ1v) is 8.88. The van der Waals surface area contributed by atoms with E-state index in [1.165, 1.54) is 6.33 Å². The summed E-state index contributed by atoms with van der Waals surface area (Å²) in [4.78, 5) is 26.6. The second-order valence-corrected chi connectivity index (χ2v) is 7.00. The minimum Gasteiger partial charge on any atom is -0.462 e. The van der Waals surface area contributed by atoms with E-state index in [-0.39, 0.29) is 37.1 Å². The van der Waals surface area contributed by atoms with Gasteiger partial charge >= 0.3 is 5.97 Å². The number of ether oxygens (including phenoxy) is 1. The van der Waals surface area contributed by atoms with Gasteiger partial charge in [-0.2, -0.15) is 0 Å². The van der Waals surface area contributed by atoms with Crippen LogP contribution in [-0.4, -0.2) is 55.8 Å². The number of nitrogens with two attached hydrogens (primary N) is 1. The van der Waals surface area contributed by atoms with E-state index < -0.39 is 0 Å². The van der Waals surface area contributed by atoms with Crippen LogP contribution in [0.5, 0.6) is 0 Å². The van der Waals surface area contributed by atoms with Gasteiger partial charge in [0.2, 0.25) is 0 Å². The second kappa shape index (κ2) is 6.99. The summed E-state index contributed by atoms with van der Waals surface area (Å²) in [6.07, 6.45) is 10.0. The summed E-state index contributed by atoms with van der Waals surface area (Å²) >= 11 is 0. The van der Waals surface area contributed by atoms with Crippen LogP contribution in [0.4, 0.5) is 5.82 Å². The number of aliphatic hydroxyl groups is 1. The van der Waals surface area contributed by atoms with Crippen LogP contribution < -0.4 is 5.73 Å². The van der Waals surface area contributed by atoms with E-state index in [1.54, 1.807) is 12.5 Å². The Kier molecular flexibility index (Phi) is 4.53. The third-order valence-electron chi connectivity index (χ3n) is 5.33. The van der Waals surface area contributed by atoms with Crippen molar-refractivity contribution in [3.8, 4) is 0 Å². The number of aromatic nitrogens is 4. The molecule has 0 saturated heterocycles. The van der Waals surface area contributed by atoms with Crippen molar-refractivity contribution >= 4 is 23.0 Å². The third kappa shape index (κ3) is 3.14. The summed E-state index contributed by atoms with van der Waals surface area (Å²) in [6, 6.07) is 0.0426. The number of esters is 1. The van der Waals surface area contributed by atoms with E-state index in [0.717, 1.165) is 6.42 Å². The molecule has 0 bridgehead atoms. The molecule has 1 saturated carbocycles. The molecule has 0 radical (unpaired) electrons. The molecule has 9 heteroatoms. The number of imidazole rings is 1. The van der Waals surface area contributed by atoms with Gasteiger partial charge in [0.1, 0.15) is 11.8 Å². The molecule has 142 valence electrons. The van der Waals surface area contributed by atoms with Crippen LogP contribution in [0.3, 0.4) is 0 Å². The van der Waals surface area contributed by atoms with Crippen LogP contribution in [0.1, 0.15) is 18.9 Å². The summed E-state index contributed by atoms with van der Waals surface area (Å²) in [5.74, 6) is 0.0937. The Morgan fingerprint density at radius 3 is 3.04 bits per heavy atom. The Hall–Kier alpha value is -2.94. The van der Waals surface area contributed by atoms with Crippen LogP contribution in [-0.2, 0) is 9.53 Å². The van der Waals surface area contributed by atoms with Gasteiger partial charge < -0.3 is 25.0 Å². The zero-order valence-electron chi connectivity index (χ0n) is 15.0. The van der Waals surface area contributed by atoms with Crippen LogP contribution in [0.25, 0.3) is 11.2 Å². The lowest BCUT2D eigenvalue weighted by atomic mass is 9.70. The third-order valence-corrected chi connectivity index (χ3v) is 5.33. The molecule has 1 fully saturated rings. The van der Waals surface area contributed by atoms with Gasteiger partial charge in [-0.1, -0.05) is 6.08 Å². The minimum atomic E-state index is -0.306. The molecule has 0 spiro atoms. The van der Waals surface area contributed by atoms with Gasteiger partial charge in [0, 0.05) is 44.2 Å². The number of nitrogen functional groups attached to an aromatic ring is 1. The Morgan fingerprint density at radius 2 is 2.26 bits per heavy atom. The molecule has 3 atom stereocenters. The number of anilines is 1. The number of carbonyl (C=O) groups is 1. The molecule has 1 aliphatic heterocycles.